The summed E-state index contributed by atoms with van der Waals surface area (Å²) >= 11 is 0. The first-order chi connectivity index (χ1) is 16.4. The molecule has 2 N–H and O–H groups in total. The number of aryl methyl sites for hydroxylation is 1. The predicted molar refractivity (Wildman–Crippen MR) is 127 cm³/mol. The highest BCUT2D eigenvalue weighted by molar-refractivity contribution is 5.98. The van der Waals surface area contributed by atoms with E-state index in [-0.39, 0.29) is 29.2 Å². The van der Waals surface area contributed by atoms with Gasteiger partial charge in [0.05, 0.1) is 5.56 Å². The number of nitrogens with one attached hydrogen (secondary N) is 2. The van der Waals surface area contributed by atoms with Gasteiger partial charge in [0.2, 0.25) is 5.91 Å². The minimum Gasteiger partial charge on any atom is -0.385 e. The first-order valence-corrected chi connectivity index (χ1v) is 11.6. The van der Waals surface area contributed by atoms with Gasteiger partial charge in [-0.3, -0.25) is 14.4 Å². The first kappa shape index (κ1) is 25.4. The van der Waals surface area contributed by atoms with Crippen LogP contribution < -0.4 is 10.6 Å². The fourth-order valence-corrected chi connectivity index (χ4v) is 4.11. The van der Waals surface area contributed by atoms with Gasteiger partial charge in [0.25, 0.3) is 11.8 Å². The van der Waals surface area contributed by atoms with E-state index in [2.05, 4.69) is 10.6 Å². The van der Waals surface area contributed by atoms with Crippen LogP contribution in [0, 0.1) is 18.7 Å². The molecule has 1 aliphatic heterocycles. The second-order valence-corrected chi connectivity index (χ2v) is 8.56. The summed E-state index contributed by atoms with van der Waals surface area (Å²) < 4.78 is 19.1. The smallest absolute Gasteiger partial charge is 0.256 e. The van der Waals surface area contributed by atoms with Crippen LogP contribution in [0.25, 0.3) is 0 Å². The lowest BCUT2D eigenvalue weighted by molar-refractivity contribution is -0.124. The number of methoxy groups -OCH3 is 1. The molecule has 0 bridgehead atoms. The Bertz CT molecular complexity index is 988. The average molecular weight is 470 g/mol. The monoisotopic (exact) mass is 469 g/mol. The molecule has 182 valence electrons. The van der Waals surface area contributed by atoms with Gasteiger partial charge in [-0.1, -0.05) is 29.8 Å². The van der Waals surface area contributed by atoms with Gasteiger partial charge in [0, 0.05) is 38.9 Å². The SMILES string of the molecule is COCCCNC(=O)[C@@H](NC(=O)c1ccc(C)cc1)C1CCN(C(=O)c2ccccc2F)CC1. The summed E-state index contributed by atoms with van der Waals surface area (Å²) in [6.45, 7) is 3.66. The van der Waals surface area contributed by atoms with E-state index in [0.717, 1.165) is 5.56 Å². The number of hydrogen-bond acceptors (Lipinski definition) is 4. The van der Waals surface area contributed by atoms with E-state index < -0.39 is 11.9 Å². The van der Waals surface area contributed by atoms with Crippen molar-refractivity contribution in [2.45, 2.75) is 32.2 Å². The van der Waals surface area contributed by atoms with E-state index in [4.69, 9.17) is 4.74 Å². The highest BCUT2D eigenvalue weighted by Crippen LogP contribution is 2.23. The summed E-state index contributed by atoms with van der Waals surface area (Å²) in [6.07, 6.45) is 1.70. The summed E-state index contributed by atoms with van der Waals surface area (Å²) in [4.78, 5) is 40.2. The largest absolute Gasteiger partial charge is 0.385 e. The Hall–Kier alpha value is -3.26. The minimum absolute atomic E-state index is 0.0426. The molecule has 3 rings (SSSR count). The van der Waals surface area contributed by atoms with Gasteiger partial charge in [-0.2, -0.15) is 0 Å². The number of benzene rings is 2. The standard InChI is InChI=1S/C26H32FN3O4/c1-18-8-10-20(11-9-18)24(31)29-23(25(32)28-14-5-17-34-2)19-12-15-30(16-13-19)26(33)21-6-3-4-7-22(21)27/h3-4,6-11,19,23H,5,12-17H2,1-2H3,(H,28,32)(H,29,31)/t23-/m0/s1. The van der Waals surface area contributed by atoms with Crippen LogP contribution in [0.3, 0.4) is 0 Å². The molecular formula is C26H32FN3O4. The molecule has 1 atom stereocenters. The Morgan fingerprint density at radius 1 is 1.09 bits per heavy atom. The van der Waals surface area contributed by atoms with Gasteiger partial charge in [0.1, 0.15) is 11.9 Å². The molecule has 1 saturated heterocycles. The summed E-state index contributed by atoms with van der Waals surface area (Å²) in [7, 11) is 1.60. The third-order valence-electron chi connectivity index (χ3n) is 6.11. The van der Waals surface area contributed by atoms with E-state index in [1.165, 1.54) is 12.1 Å². The van der Waals surface area contributed by atoms with Gasteiger partial charge in [-0.25, -0.2) is 4.39 Å². The van der Waals surface area contributed by atoms with E-state index >= 15 is 0 Å². The quantitative estimate of drug-likeness (QED) is 0.553. The molecule has 0 aliphatic carbocycles. The van der Waals surface area contributed by atoms with Crippen molar-refractivity contribution >= 4 is 17.7 Å². The lowest BCUT2D eigenvalue weighted by atomic mass is 9.88. The number of carbonyl (C=O) groups is 3. The lowest BCUT2D eigenvalue weighted by Crippen LogP contribution is -2.54. The van der Waals surface area contributed by atoms with Gasteiger partial charge < -0.3 is 20.3 Å². The second kappa shape index (κ2) is 12.3. The molecule has 1 fully saturated rings. The van der Waals surface area contributed by atoms with Crippen molar-refractivity contribution in [2.75, 3.05) is 33.4 Å². The van der Waals surface area contributed by atoms with Crippen LogP contribution in [0.2, 0.25) is 0 Å². The number of hydrogen-bond donors (Lipinski definition) is 2. The van der Waals surface area contributed by atoms with Crippen LogP contribution in [0.1, 0.15) is 45.5 Å². The molecule has 1 heterocycles. The molecule has 2 aromatic rings. The maximum absolute atomic E-state index is 14.1. The number of piperidine rings is 1. The summed E-state index contributed by atoms with van der Waals surface area (Å²) in [6, 6.07) is 12.3. The third kappa shape index (κ3) is 6.63. The molecule has 0 radical (unpaired) electrons. The molecule has 0 unspecified atom stereocenters. The summed E-state index contributed by atoms with van der Waals surface area (Å²) in [5.41, 5.74) is 1.56. The van der Waals surface area contributed by atoms with Crippen molar-refractivity contribution in [3.63, 3.8) is 0 Å². The maximum atomic E-state index is 14.1. The van der Waals surface area contributed by atoms with Crippen LogP contribution >= 0.6 is 0 Å². The topological polar surface area (TPSA) is 87.7 Å². The van der Waals surface area contributed by atoms with E-state index in [0.29, 0.717) is 51.1 Å². The fraction of sp³-hybridized carbons (Fsp3) is 0.423. The summed E-state index contributed by atoms with van der Waals surface area (Å²) in [5.74, 6) is -1.63. The van der Waals surface area contributed by atoms with Gasteiger partial charge >= 0.3 is 0 Å². The molecule has 8 heteroatoms. The van der Waals surface area contributed by atoms with Crippen molar-refractivity contribution in [2.24, 2.45) is 5.92 Å². The van der Waals surface area contributed by atoms with E-state index in [9.17, 15) is 18.8 Å². The summed E-state index contributed by atoms with van der Waals surface area (Å²) in [5, 5.41) is 5.79. The van der Waals surface area contributed by atoms with Crippen molar-refractivity contribution in [3.05, 3.63) is 71.0 Å². The molecule has 1 aliphatic rings. The normalized spacial score (nSPS) is 15.0. The van der Waals surface area contributed by atoms with Crippen molar-refractivity contribution in [1.82, 2.24) is 15.5 Å². The number of ether oxygens (including phenoxy) is 1. The number of rotatable bonds is 9. The molecule has 34 heavy (non-hydrogen) atoms. The number of halogens is 1. The van der Waals surface area contributed by atoms with Gasteiger partial charge in [-0.05, 0) is 56.4 Å². The average Bonchev–Trinajstić information content (AvgIpc) is 2.85. The first-order valence-electron chi connectivity index (χ1n) is 11.6. The van der Waals surface area contributed by atoms with Gasteiger partial charge in [-0.15, -0.1) is 0 Å². The van der Waals surface area contributed by atoms with Crippen LogP contribution in [0.5, 0.6) is 0 Å². The molecule has 0 aromatic heterocycles. The predicted octanol–water partition coefficient (Wildman–Crippen LogP) is 2.94. The molecule has 7 nitrogen and oxygen atoms in total. The molecule has 3 amide bonds. The second-order valence-electron chi connectivity index (χ2n) is 8.56. The fourth-order valence-electron chi connectivity index (χ4n) is 4.11. The van der Waals surface area contributed by atoms with Crippen LogP contribution in [0.4, 0.5) is 4.39 Å². The molecule has 0 spiro atoms. The number of nitrogens with zero attached hydrogens (tertiary/aromatic N) is 1. The van der Waals surface area contributed by atoms with Crippen molar-refractivity contribution in [1.29, 1.82) is 0 Å². The van der Waals surface area contributed by atoms with Crippen LogP contribution in [-0.4, -0.2) is 62.0 Å². The molecule has 2 aromatic carbocycles. The Labute approximate surface area is 199 Å². The number of likely N-dealkylation sites (tertiary alicyclic amines) is 1. The lowest BCUT2D eigenvalue weighted by Gasteiger charge is -2.36. The van der Waals surface area contributed by atoms with Crippen molar-refractivity contribution < 1.29 is 23.5 Å². The Morgan fingerprint density at radius 2 is 1.76 bits per heavy atom. The highest BCUT2D eigenvalue weighted by atomic mass is 19.1. The Balaban J connectivity index is 1.67. The van der Waals surface area contributed by atoms with Crippen LogP contribution in [0.15, 0.2) is 48.5 Å². The van der Waals surface area contributed by atoms with E-state index in [1.807, 2.05) is 19.1 Å². The zero-order valence-electron chi connectivity index (χ0n) is 19.7. The zero-order valence-corrected chi connectivity index (χ0v) is 19.7. The van der Waals surface area contributed by atoms with E-state index in [1.54, 1.807) is 36.3 Å². The highest BCUT2D eigenvalue weighted by Gasteiger charge is 2.34. The van der Waals surface area contributed by atoms with Crippen molar-refractivity contribution in [3.8, 4) is 0 Å². The molecule has 0 saturated carbocycles. The Morgan fingerprint density at radius 3 is 2.41 bits per heavy atom. The van der Waals surface area contributed by atoms with Gasteiger partial charge in [0.15, 0.2) is 0 Å². The third-order valence-corrected chi connectivity index (χ3v) is 6.11. The number of carbonyl (C=O) groups excluding carboxylic acids is 3. The van der Waals surface area contributed by atoms with Crippen LogP contribution in [-0.2, 0) is 9.53 Å². The molecular weight excluding hydrogens is 437 g/mol. The zero-order chi connectivity index (χ0) is 24.5. The minimum atomic E-state index is -0.734. The maximum Gasteiger partial charge on any atom is 0.256 e. The number of amides is 3. The Kier molecular flexibility index (Phi) is 9.16.